The molecule has 0 fully saturated rings. The van der Waals surface area contributed by atoms with Crippen molar-refractivity contribution in [2.75, 3.05) is 0 Å². The van der Waals surface area contributed by atoms with Crippen LogP contribution in [-0.2, 0) is 43.2 Å². The molecule has 0 atom stereocenters. The normalized spacial score (nSPS) is 13.3. The van der Waals surface area contributed by atoms with Gasteiger partial charge in [-0.3, -0.25) is 14.8 Å². The number of hydrogen-bond donors (Lipinski definition) is 1. The topological polar surface area (TPSA) is 63.1 Å². The molecule has 223 valence electrons. The number of fused-ring (bicyclic) bond motifs is 4. The molecule has 5 rings (SSSR count). The monoisotopic (exact) mass is 740 g/mol. The van der Waals surface area contributed by atoms with Gasteiger partial charge in [0.15, 0.2) is 5.78 Å². The molecule has 4 aromatic rings. The van der Waals surface area contributed by atoms with Crippen molar-refractivity contribution in [3.8, 4) is 22.5 Å². The molecule has 2 aromatic carbocycles. The third kappa shape index (κ3) is 7.62. The van der Waals surface area contributed by atoms with E-state index in [0.29, 0.717) is 0 Å². The number of aliphatic hydroxyl groups excluding tert-OH is 1. The Morgan fingerprint density at radius 1 is 0.857 bits per heavy atom. The van der Waals surface area contributed by atoms with Gasteiger partial charge >= 0.3 is 0 Å². The van der Waals surface area contributed by atoms with Gasteiger partial charge in [0.25, 0.3) is 0 Å². The van der Waals surface area contributed by atoms with Gasteiger partial charge in [0, 0.05) is 55.1 Å². The third-order valence-electron chi connectivity index (χ3n) is 7.43. The van der Waals surface area contributed by atoms with Crippen LogP contribution in [0.1, 0.15) is 79.0 Å². The van der Waals surface area contributed by atoms with E-state index in [0.717, 1.165) is 35.2 Å². The first kappa shape index (κ1) is 33.4. The number of aryl methyl sites for hydroxylation is 2. The average molecular weight is 740 g/mol. The minimum Gasteiger partial charge on any atom is -0.512 e. The number of allylic oxidation sites excluding steroid dienone is 2. The molecular weight excluding hydrogens is 697 g/mol. The molecule has 1 aliphatic rings. The zero-order valence-corrected chi connectivity index (χ0v) is 28.7. The van der Waals surface area contributed by atoms with Gasteiger partial charge in [0.05, 0.1) is 5.69 Å². The van der Waals surface area contributed by atoms with Crippen LogP contribution < -0.4 is 0 Å². The summed E-state index contributed by atoms with van der Waals surface area (Å²) in [5.74, 6) is 0.104. The Kier molecular flexibility index (Phi) is 10.0. The first-order valence-corrected chi connectivity index (χ1v) is 14.4. The molecule has 0 saturated carbocycles. The number of aliphatic hydroxyl groups is 1. The summed E-state index contributed by atoms with van der Waals surface area (Å²) < 4.78 is 0. The molecule has 0 bridgehead atoms. The Labute approximate surface area is 265 Å². The summed E-state index contributed by atoms with van der Waals surface area (Å²) in [6, 6.07) is 20.8. The van der Waals surface area contributed by atoms with Gasteiger partial charge in [-0.1, -0.05) is 104 Å². The van der Waals surface area contributed by atoms with E-state index in [2.05, 4.69) is 74.3 Å². The summed E-state index contributed by atoms with van der Waals surface area (Å²) in [5, 5.41) is 12.0. The summed E-state index contributed by atoms with van der Waals surface area (Å²) in [5.41, 5.74) is 7.55. The van der Waals surface area contributed by atoms with E-state index < -0.39 is 5.41 Å². The fourth-order valence-electron chi connectivity index (χ4n) is 4.75. The van der Waals surface area contributed by atoms with Crippen molar-refractivity contribution in [1.29, 1.82) is 0 Å². The molecular formula is C37H43IrN2O2-. The van der Waals surface area contributed by atoms with Crippen LogP contribution in [0.25, 0.3) is 33.3 Å². The maximum absolute atomic E-state index is 11.5. The van der Waals surface area contributed by atoms with E-state index in [-0.39, 0.29) is 42.5 Å². The molecule has 1 N–H and O–H groups in total. The second kappa shape index (κ2) is 12.6. The maximum atomic E-state index is 11.5. The molecule has 1 radical (unpaired) electrons. The molecule has 5 heteroatoms. The Balaban J connectivity index is 0.000000297. The van der Waals surface area contributed by atoms with Gasteiger partial charge in [-0.15, -0.1) is 29.1 Å². The molecule has 1 aliphatic carbocycles. The quantitative estimate of drug-likeness (QED) is 0.127. The molecule has 2 aromatic heterocycles. The van der Waals surface area contributed by atoms with Gasteiger partial charge in [-0.05, 0) is 41.0 Å². The first-order chi connectivity index (χ1) is 19.1. The van der Waals surface area contributed by atoms with Crippen LogP contribution in [0.3, 0.4) is 0 Å². The number of benzene rings is 2. The van der Waals surface area contributed by atoms with Gasteiger partial charge in [-0.2, -0.15) is 0 Å². The first-order valence-electron chi connectivity index (χ1n) is 14.4. The van der Waals surface area contributed by atoms with Crippen LogP contribution in [0.4, 0.5) is 0 Å². The molecule has 0 unspecified atom stereocenters. The maximum Gasteiger partial charge on any atom is 0.164 e. The van der Waals surface area contributed by atoms with Crippen LogP contribution in [0.15, 0.2) is 72.8 Å². The van der Waals surface area contributed by atoms with Gasteiger partial charge < -0.3 is 5.11 Å². The van der Waals surface area contributed by atoms with Crippen LogP contribution in [0.5, 0.6) is 0 Å². The molecule has 2 heterocycles. The molecule has 0 saturated heterocycles. The largest absolute Gasteiger partial charge is 0.512 e. The number of rotatable bonds is 2. The van der Waals surface area contributed by atoms with E-state index in [9.17, 15) is 9.90 Å². The zero-order chi connectivity index (χ0) is 30.2. The molecule has 4 nitrogen and oxygen atoms in total. The fourth-order valence-corrected chi connectivity index (χ4v) is 4.75. The number of nitrogens with zero attached hydrogens (tertiary/aromatic N) is 2. The SMILES string of the molecule is CC(C)(C)C(=O)/C=C(\O)C(C)(C)C.CC(C)(C)c1cc(-c2cc3c(cn2)CCc2cccnc2-3)[c-]c2ccccc12.[Ir]. The van der Waals surface area contributed by atoms with Crippen molar-refractivity contribution in [3.63, 3.8) is 0 Å². The van der Waals surface area contributed by atoms with Crippen molar-refractivity contribution in [2.45, 2.75) is 80.6 Å². The van der Waals surface area contributed by atoms with E-state index in [1.54, 1.807) is 0 Å². The number of hydrogen-bond acceptors (Lipinski definition) is 4. The zero-order valence-electron chi connectivity index (χ0n) is 26.3. The predicted octanol–water partition coefficient (Wildman–Crippen LogP) is 9.25. The summed E-state index contributed by atoms with van der Waals surface area (Å²) in [6.45, 7) is 17.9. The van der Waals surface area contributed by atoms with Crippen LogP contribution >= 0.6 is 0 Å². The molecule has 0 spiro atoms. The van der Waals surface area contributed by atoms with E-state index in [1.165, 1.54) is 33.7 Å². The van der Waals surface area contributed by atoms with E-state index >= 15 is 0 Å². The molecule has 0 aliphatic heterocycles. The number of ketones is 1. The van der Waals surface area contributed by atoms with E-state index in [4.69, 9.17) is 4.98 Å². The van der Waals surface area contributed by atoms with Crippen molar-refractivity contribution in [3.05, 3.63) is 95.5 Å². The minimum absolute atomic E-state index is 0. The van der Waals surface area contributed by atoms with Crippen molar-refractivity contribution < 1.29 is 30.0 Å². The summed E-state index contributed by atoms with van der Waals surface area (Å²) >= 11 is 0. The second-order valence-electron chi connectivity index (χ2n) is 14.0. The fraction of sp³-hybridized carbons (Fsp3) is 0.378. The molecule has 0 amide bonds. The number of aromatic nitrogens is 2. The predicted molar refractivity (Wildman–Crippen MR) is 170 cm³/mol. The number of carbonyl (C=O) groups is 1. The van der Waals surface area contributed by atoms with Gasteiger partial charge in [0.2, 0.25) is 0 Å². The van der Waals surface area contributed by atoms with Gasteiger partial charge in [0.1, 0.15) is 5.76 Å². The third-order valence-corrected chi connectivity index (χ3v) is 7.43. The minimum atomic E-state index is -0.417. The van der Waals surface area contributed by atoms with Crippen LogP contribution in [-0.4, -0.2) is 20.9 Å². The number of carbonyl (C=O) groups excluding carboxylic acids is 1. The Hall–Kier alpha value is -3.14. The number of pyridine rings is 2. The van der Waals surface area contributed by atoms with Crippen molar-refractivity contribution in [1.82, 2.24) is 9.97 Å². The summed E-state index contributed by atoms with van der Waals surface area (Å²) in [6.07, 6.45) is 7.30. The second-order valence-corrected chi connectivity index (χ2v) is 14.0. The van der Waals surface area contributed by atoms with Crippen LogP contribution in [0.2, 0.25) is 0 Å². The summed E-state index contributed by atoms with van der Waals surface area (Å²) in [4.78, 5) is 21.0. The summed E-state index contributed by atoms with van der Waals surface area (Å²) in [7, 11) is 0. The van der Waals surface area contributed by atoms with Crippen molar-refractivity contribution in [2.24, 2.45) is 10.8 Å². The van der Waals surface area contributed by atoms with Crippen molar-refractivity contribution >= 4 is 16.6 Å². The van der Waals surface area contributed by atoms with Crippen LogP contribution in [0, 0.1) is 16.9 Å². The smallest absolute Gasteiger partial charge is 0.164 e. The average Bonchev–Trinajstić information content (AvgIpc) is 2.90. The van der Waals surface area contributed by atoms with E-state index in [1.807, 2.05) is 60.0 Å². The Morgan fingerprint density at radius 2 is 1.52 bits per heavy atom. The standard InChI is InChI=1S/C26H23N2.C11H20O2.Ir/c1-26(2,3)23-14-20(13-18-7-4-5-9-21(18)23)24-15-22-19(16-28-24)11-10-17-8-6-12-27-25(17)22;1-10(2,3)8(12)7-9(13)11(4,5)6;/h4-9,12,14-16H,10-11H2,1-3H3;7,12H,1-6H3;/q-1;;/b;8-7-;. The Bertz CT molecular complexity index is 1620. The molecule has 42 heavy (non-hydrogen) atoms. The van der Waals surface area contributed by atoms with Gasteiger partial charge in [-0.25, -0.2) is 0 Å². The Morgan fingerprint density at radius 3 is 2.17 bits per heavy atom.